The van der Waals surface area contributed by atoms with Crippen LogP contribution in [0.4, 0.5) is 4.39 Å². The van der Waals surface area contributed by atoms with Gasteiger partial charge in [-0.15, -0.1) is 0 Å². The molecule has 1 unspecified atom stereocenters. The van der Waals surface area contributed by atoms with Crippen LogP contribution in [0.2, 0.25) is 0 Å². The van der Waals surface area contributed by atoms with E-state index in [9.17, 15) is 9.18 Å². The molecule has 0 spiro atoms. The van der Waals surface area contributed by atoms with Gasteiger partial charge in [0, 0.05) is 42.6 Å². The predicted molar refractivity (Wildman–Crippen MR) is 71.6 cm³/mol. The maximum atomic E-state index is 13.7. The molecule has 1 aromatic rings. The van der Waals surface area contributed by atoms with Gasteiger partial charge in [-0.25, -0.2) is 4.39 Å². The van der Waals surface area contributed by atoms with E-state index in [0.717, 1.165) is 24.0 Å². The lowest BCUT2D eigenvalue weighted by atomic mass is 10.2. The van der Waals surface area contributed by atoms with E-state index in [2.05, 4.69) is 26.1 Å². The SMILES string of the molecule is CC(=O)NC1CCN(Cc2ccc(Br)cc2F)C1. The van der Waals surface area contributed by atoms with Gasteiger partial charge in [0.05, 0.1) is 0 Å². The van der Waals surface area contributed by atoms with Crippen molar-refractivity contribution in [3.8, 4) is 0 Å². The topological polar surface area (TPSA) is 32.3 Å². The molecule has 1 atom stereocenters. The highest BCUT2D eigenvalue weighted by Gasteiger charge is 2.23. The number of rotatable bonds is 3. The van der Waals surface area contributed by atoms with E-state index in [1.165, 1.54) is 13.0 Å². The average molecular weight is 315 g/mol. The minimum absolute atomic E-state index is 0.00308. The van der Waals surface area contributed by atoms with Crippen molar-refractivity contribution in [1.29, 1.82) is 0 Å². The fraction of sp³-hybridized carbons (Fsp3) is 0.462. The molecule has 1 saturated heterocycles. The lowest BCUT2D eigenvalue weighted by Crippen LogP contribution is -2.35. The highest BCUT2D eigenvalue weighted by Crippen LogP contribution is 2.19. The third-order valence-electron chi connectivity index (χ3n) is 3.09. The largest absolute Gasteiger partial charge is 0.352 e. The number of hydrogen-bond donors (Lipinski definition) is 1. The van der Waals surface area contributed by atoms with E-state index in [1.807, 2.05) is 6.07 Å². The van der Waals surface area contributed by atoms with Crippen molar-refractivity contribution < 1.29 is 9.18 Å². The van der Waals surface area contributed by atoms with Gasteiger partial charge in [0.1, 0.15) is 5.82 Å². The van der Waals surface area contributed by atoms with Crippen LogP contribution >= 0.6 is 15.9 Å². The summed E-state index contributed by atoms with van der Waals surface area (Å²) in [4.78, 5) is 13.1. The molecule has 1 heterocycles. The van der Waals surface area contributed by atoms with Gasteiger partial charge in [-0.1, -0.05) is 22.0 Å². The fourth-order valence-corrected chi connectivity index (χ4v) is 2.61. The van der Waals surface area contributed by atoms with E-state index < -0.39 is 0 Å². The molecule has 1 amide bonds. The molecule has 0 bridgehead atoms. The summed E-state index contributed by atoms with van der Waals surface area (Å²) in [5.41, 5.74) is 0.696. The van der Waals surface area contributed by atoms with E-state index in [0.29, 0.717) is 12.1 Å². The Balaban J connectivity index is 1.93. The second-order valence-electron chi connectivity index (χ2n) is 4.66. The van der Waals surface area contributed by atoms with Crippen molar-refractivity contribution in [2.75, 3.05) is 13.1 Å². The number of nitrogens with one attached hydrogen (secondary N) is 1. The molecule has 1 aliphatic heterocycles. The first-order valence-corrected chi connectivity index (χ1v) is 6.77. The molecule has 1 N–H and O–H groups in total. The molecule has 0 aromatic heterocycles. The quantitative estimate of drug-likeness (QED) is 0.928. The molecule has 5 heteroatoms. The fourth-order valence-electron chi connectivity index (χ4n) is 2.27. The first-order chi connectivity index (χ1) is 8.54. The Morgan fingerprint density at radius 3 is 3.06 bits per heavy atom. The van der Waals surface area contributed by atoms with Crippen LogP contribution in [0.1, 0.15) is 18.9 Å². The average Bonchev–Trinajstić information content (AvgIpc) is 2.69. The minimum Gasteiger partial charge on any atom is -0.352 e. The summed E-state index contributed by atoms with van der Waals surface area (Å²) in [6.45, 7) is 3.79. The molecule has 1 aliphatic rings. The normalized spacial score (nSPS) is 20.1. The zero-order chi connectivity index (χ0) is 13.1. The van der Waals surface area contributed by atoms with Crippen molar-refractivity contribution in [1.82, 2.24) is 10.2 Å². The van der Waals surface area contributed by atoms with E-state index in [4.69, 9.17) is 0 Å². The molecule has 98 valence electrons. The van der Waals surface area contributed by atoms with Crippen LogP contribution in [0.25, 0.3) is 0 Å². The van der Waals surface area contributed by atoms with E-state index >= 15 is 0 Å². The van der Waals surface area contributed by atoms with Crippen LogP contribution in [0.15, 0.2) is 22.7 Å². The number of halogens is 2. The molecular formula is C13H16BrFN2O. The number of benzene rings is 1. The lowest BCUT2D eigenvalue weighted by molar-refractivity contribution is -0.119. The van der Waals surface area contributed by atoms with Gasteiger partial charge in [-0.2, -0.15) is 0 Å². The molecule has 3 nitrogen and oxygen atoms in total. The Labute approximate surface area is 114 Å². The van der Waals surface area contributed by atoms with Gasteiger partial charge in [0.15, 0.2) is 0 Å². The Morgan fingerprint density at radius 2 is 2.39 bits per heavy atom. The summed E-state index contributed by atoms with van der Waals surface area (Å²) in [7, 11) is 0. The number of carbonyl (C=O) groups is 1. The van der Waals surface area contributed by atoms with Gasteiger partial charge < -0.3 is 5.32 Å². The summed E-state index contributed by atoms with van der Waals surface area (Å²) >= 11 is 3.24. The summed E-state index contributed by atoms with van der Waals surface area (Å²) in [6, 6.07) is 5.32. The molecule has 1 aromatic carbocycles. The monoisotopic (exact) mass is 314 g/mol. The maximum absolute atomic E-state index is 13.7. The highest BCUT2D eigenvalue weighted by molar-refractivity contribution is 9.10. The van der Waals surface area contributed by atoms with Crippen molar-refractivity contribution in [3.05, 3.63) is 34.1 Å². The Bertz CT molecular complexity index is 453. The molecular weight excluding hydrogens is 299 g/mol. The van der Waals surface area contributed by atoms with Gasteiger partial charge >= 0.3 is 0 Å². The molecule has 0 radical (unpaired) electrons. The minimum atomic E-state index is -0.188. The van der Waals surface area contributed by atoms with Gasteiger partial charge in [-0.05, 0) is 18.6 Å². The number of likely N-dealkylation sites (tertiary alicyclic amines) is 1. The van der Waals surface area contributed by atoms with Gasteiger partial charge in [0.2, 0.25) is 5.91 Å². The van der Waals surface area contributed by atoms with Crippen molar-refractivity contribution >= 4 is 21.8 Å². The van der Waals surface area contributed by atoms with E-state index in [-0.39, 0.29) is 17.8 Å². The van der Waals surface area contributed by atoms with Crippen LogP contribution in [-0.4, -0.2) is 29.9 Å². The van der Waals surface area contributed by atoms with Crippen LogP contribution in [0.5, 0.6) is 0 Å². The molecule has 1 fully saturated rings. The number of amides is 1. The standard InChI is InChI=1S/C13H16BrFN2O/c1-9(18)16-12-4-5-17(8-12)7-10-2-3-11(14)6-13(10)15/h2-3,6,12H,4-5,7-8H2,1H3,(H,16,18). The number of hydrogen-bond acceptors (Lipinski definition) is 2. The smallest absolute Gasteiger partial charge is 0.217 e. The Hall–Kier alpha value is -0.940. The Kier molecular flexibility index (Phi) is 4.35. The second kappa shape index (κ2) is 5.80. The summed E-state index contributed by atoms with van der Waals surface area (Å²) in [5.74, 6) is -0.191. The zero-order valence-electron chi connectivity index (χ0n) is 10.2. The van der Waals surface area contributed by atoms with Crippen molar-refractivity contribution in [3.63, 3.8) is 0 Å². The van der Waals surface area contributed by atoms with Crippen LogP contribution < -0.4 is 5.32 Å². The van der Waals surface area contributed by atoms with Crippen LogP contribution in [0.3, 0.4) is 0 Å². The number of carbonyl (C=O) groups excluding carboxylic acids is 1. The third-order valence-corrected chi connectivity index (χ3v) is 3.58. The van der Waals surface area contributed by atoms with Gasteiger partial charge in [0.25, 0.3) is 0 Å². The van der Waals surface area contributed by atoms with Crippen LogP contribution in [0, 0.1) is 5.82 Å². The lowest BCUT2D eigenvalue weighted by Gasteiger charge is -2.16. The maximum Gasteiger partial charge on any atom is 0.217 e. The number of nitrogens with zero attached hydrogens (tertiary/aromatic N) is 1. The van der Waals surface area contributed by atoms with Crippen molar-refractivity contribution in [2.45, 2.75) is 25.9 Å². The highest BCUT2D eigenvalue weighted by atomic mass is 79.9. The molecule has 2 rings (SSSR count). The third kappa shape index (κ3) is 3.53. The molecule has 0 saturated carbocycles. The van der Waals surface area contributed by atoms with Gasteiger partial charge in [-0.3, -0.25) is 9.69 Å². The molecule has 18 heavy (non-hydrogen) atoms. The second-order valence-corrected chi connectivity index (χ2v) is 5.57. The Morgan fingerprint density at radius 1 is 1.61 bits per heavy atom. The van der Waals surface area contributed by atoms with Crippen molar-refractivity contribution in [2.24, 2.45) is 0 Å². The summed E-state index contributed by atoms with van der Waals surface area (Å²) < 4.78 is 14.4. The van der Waals surface area contributed by atoms with E-state index in [1.54, 1.807) is 6.07 Å². The zero-order valence-corrected chi connectivity index (χ0v) is 11.8. The van der Waals surface area contributed by atoms with Crippen LogP contribution in [-0.2, 0) is 11.3 Å². The summed E-state index contributed by atoms with van der Waals surface area (Å²) in [5, 5.41) is 2.90. The predicted octanol–water partition coefficient (Wildman–Crippen LogP) is 2.30. The summed E-state index contributed by atoms with van der Waals surface area (Å²) in [6.07, 6.45) is 0.928. The molecule has 0 aliphatic carbocycles. The first-order valence-electron chi connectivity index (χ1n) is 5.98. The first kappa shape index (κ1) is 13.5.